The molecule has 2 aliphatic rings. The largest absolute Gasteiger partial charge is 0.381 e. The number of imidazole rings is 1. The van der Waals surface area contributed by atoms with Crippen LogP contribution in [0.4, 0.5) is 10.1 Å². The maximum Gasteiger partial charge on any atom is 0.224 e. The summed E-state index contributed by atoms with van der Waals surface area (Å²) in [7, 11) is 1.72. The number of pyridine rings is 2. The van der Waals surface area contributed by atoms with Crippen LogP contribution in [0, 0.1) is 0 Å². The van der Waals surface area contributed by atoms with Crippen LogP contribution in [0.15, 0.2) is 71.6 Å². The number of amides is 1. The molecule has 1 atom stereocenters. The lowest BCUT2D eigenvalue weighted by atomic mass is 9.92. The van der Waals surface area contributed by atoms with Crippen LogP contribution in [-0.4, -0.2) is 58.7 Å². The topological polar surface area (TPSA) is 120 Å². The molecule has 200 valence electrons. The Balaban J connectivity index is 1.57. The number of carbonyl (C=O) groups excluding carboxylic acids is 1. The second-order valence-electron chi connectivity index (χ2n) is 9.37. The van der Waals surface area contributed by atoms with Crippen molar-refractivity contribution in [2.45, 2.75) is 25.7 Å². The summed E-state index contributed by atoms with van der Waals surface area (Å²) in [6.07, 6.45) is 16.6. The number of rotatable bonds is 7. The number of nitrogens with zero attached hydrogens (tertiary/aromatic N) is 4. The van der Waals surface area contributed by atoms with Crippen LogP contribution in [0.2, 0.25) is 0 Å². The van der Waals surface area contributed by atoms with Crippen LogP contribution in [-0.2, 0) is 4.79 Å². The fourth-order valence-electron chi connectivity index (χ4n) is 4.69. The first-order valence-electron chi connectivity index (χ1n) is 13.0. The van der Waals surface area contributed by atoms with Gasteiger partial charge in [0.1, 0.15) is 5.83 Å². The number of carbonyl (C=O) groups is 1. The molecular formula is C29H31FN8O. The third-order valence-electron chi connectivity index (χ3n) is 6.61. The van der Waals surface area contributed by atoms with Gasteiger partial charge in [-0.3, -0.25) is 19.8 Å². The summed E-state index contributed by atoms with van der Waals surface area (Å²) in [4.78, 5) is 33.3. The molecule has 3 aromatic heterocycles. The second-order valence-corrected chi connectivity index (χ2v) is 9.37. The Morgan fingerprint density at radius 2 is 2.10 bits per heavy atom. The molecule has 0 spiro atoms. The molecule has 0 saturated carbocycles. The first kappa shape index (κ1) is 26.2. The number of H-pyrrole nitrogens is 1. The number of allylic oxidation sites excluding steroid dienone is 5. The maximum absolute atomic E-state index is 14.0. The van der Waals surface area contributed by atoms with Crippen molar-refractivity contribution >= 4 is 40.1 Å². The number of halogens is 1. The minimum absolute atomic E-state index is 0.0768. The lowest BCUT2D eigenvalue weighted by Gasteiger charge is -2.14. The Bertz CT molecular complexity index is 1530. The molecule has 1 amide bonds. The molecule has 9 nitrogen and oxygen atoms in total. The Morgan fingerprint density at radius 1 is 1.23 bits per heavy atom. The summed E-state index contributed by atoms with van der Waals surface area (Å²) < 4.78 is 14.0. The van der Waals surface area contributed by atoms with Crippen molar-refractivity contribution < 1.29 is 9.18 Å². The smallest absolute Gasteiger partial charge is 0.224 e. The Labute approximate surface area is 226 Å². The van der Waals surface area contributed by atoms with E-state index in [1.54, 1.807) is 51.0 Å². The molecule has 0 saturated heterocycles. The van der Waals surface area contributed by atoms with Crippen molar-refractivity contribution in [1.29, 1.82) is 0 Å². The molecule has 0 bridgehead atoms. The van der Waals surface area contributed by atoms with E-state index in [9.17, 15) is 9.18 Å². The monoisotopic (exact) mass is 526 g/mol. The van der Waals surface area contributed by atoms with Gasteiger partial charge in [0.15, 0.2) is 5.82 Å². The fourth-order valence-corrected chi connectivity index (χ4v) is 4.69. The molecule has 0 aromatic carbocycles. The third kappa shape index (κ3) is 6.01. The standard InChI is InChI=1S/C29H31FN8O/c1-3-26(39)36-23-11-20(13-33-15-23)19(12-31-2)9-21-14-32-7-8-35-27(21)29-37-25-17-34-16-24(28(25)38-29)18-5-4-6-22(30)10-18/h4-6,9,11-13,15-18,32,35H,3,7-8,10,14H2,1-2H3,(H,36,39)(H,37,38). The molecule has 4 N–H and O–H groups in total. The van der Waals surface area contributed by atoms with Crippen LogP contribution in [0.5, 0.6) is 0 Å². The number of aliphatic imine (C=N–C) groups is 1. The maximum atomic E-state index is 14.0. The number of anilines is 1. The molecule has 1 aliphatic heterocycles. The minimum atomic E-state index is -0.153. The first-order chi connectivity index (χ1) is 19.1. The van der Waals surface area contributed by atoms with E-state index >= 15 is 0 Å². The summed E-state index contributed by atoms with van der Waals surface area (Å²) in [5, 5.41) is 9.83. The van der Waals surface area contributed by atoms with E-state index in [2.05, 4.69) is 35.9 Å². The van der Waals surface area contributed by atoms with Gasteiger partial charge in [-0.1, -0.05) is 19.1 Å². The van der Waals surface area contributed by atoms with Crippen LogP contribution in [0.25, 0.3) is 22.3 Å². The van der Waals surface area contributed by atoms with Crippen molar-refractivity contribution in [3.8, 4) is 0 Å². The van der Waals surface area contributed by atoms with Gasteiger partial charge in [0, 0.05) is 80.7 Å². The van der Waals surface area contributed by atoms with Gasteiger partial charge in [0.2, 0.25) is 5.91 Å². The van der Waals surface area contributed by atoms with E-state index in [0.29, 0.717) is 37.4 Å². The Hall–Kier alpha value is -4.44. The van der Waals surface area contributed by atoms with E-state index < -0.39 is 0 Å². The predicted molar refractivity (Wildman–Crippen MR) is 153 cm³/mol. The molecule has 39 heavy (non-hydrogen) atoms. The normalized spacial score (nSPS) is 18.3. The number of aromatic amines is 1. The number of fused-ring (bicyclic) bond motifs is 1. The Kier molecular flexibility index (Phi) is 8.02. The Morgan fingerprint density at radius 3 is 2.92 bits per heavy atom. The van der Waals surface area contributed by atoms with Gasteiger partial charge in [-0.05, 0) is 23.8 Å². The first-order valence-corrected chi connectivity index (χ1v) is 13.0. The zero-order chi connectivity index (χ0) is 27.2. The predicted octanol–water partition coefficient (Wildman–Crippen LogP) is 4.29. The van der Waals surface area contributed by atoms with E-state index in [0.717, 1.165) is 45.5 Å². The molecule has 5 rings (SSSR count). The molecule has 4 heterocycles. The number of hydrogen-bond donors (Lipinski definition) is 4. The van der Waals surface area contributed by atoms with Gasteiger partial charge < -0.3 is 20.9 Å². The summed E-state index contributed by atoms with van der Waals surface area (Å²) in [6, 6.07) is 1.89. The zero-order valence-electron chi connectivity index (χ0n) is 22.0. The van der Waals surface area contributed by atoms with E-state index in [1.807, 2.05) is 18.2 Å². The highest BCUT2D eigenvalue weighted by atomic mass is 19.1. The van der Waals surface area contributed by atoms with Crippen molar-refractivity contribution in [1.82, 2.24) is 30.6 Å². The molecule has 0 radical (unpaired) electrons. The van der Waals surface area contributed by atoms with Crippen molar-refractivity contribution in [2.75, 3.05) is 32.0 Å². The quantitative estimate of drug-likeness (QED) is 0.341. The van der Waals surface area contributed by atoms with Crippen molar-refractivity contribution in [3.63, 3.8) is 0 Å². The average Bonchev–Trinajstić information content (AvgIpc) is 3.25. The zero-order valence-corrected chi connectivity index (χ0v) is 22.0. The molecular weight excluding hydrogens is 495 g/mol. The second kappa shape index (κ2) is 12.0. The van der Waals surface area contributed by atoms with E-state index in [-0.39, 0.29) is 17.7 Å². The van der Waals surface area contributed by atoms with Gasteiger partial charge in [-0.25, -0.2) is 9.37 Å². The molecule has 10 heteroatoms. The van der Waals surface area contributed by atoms with Crippen molar-refractivity contribution in [3.05, 3.63) is 83.5 Å². The number of aromatic nitrogens is 4. The highest BCUT2D eigenvalue weighted by Crippen LogP contribution is 2.33. The van der Waals surface area contributed by atoms with Gasteiger partial charge in [0.25, 0.3) is 0 Å². The van der Waals surface area contributed by atoms with Gasteiger partial charge in [-0.15, -0.1) is 0 Å². The summed E-state index contributed by atoms with van der Waals surface area (Å²) in [5.41, 5.74) is 6.57. The molecule has 0 fully saturated rings. The summed E-state index contributed by atoms with van der Waals surface area (Å²) in [5.74, 6) is 0.325. The van der Waals surface area contributed by atoms with Gasteiger partial charge >= 0.3 is 0 Å². The molecule has 1 unspecified atom stereocenters. The van der Waals surface area contributed by atoms with Crippen LogP contribution < -0.4 is 16.0 Å². The van der Waals surface area contributed by atoms with Crippen LogP contribution in [0.1, 0.15) is 42.6 Å². The lowest BCUT2D eigenvalue weighted by molar-refractivity contribution is -0.115. The van der Waals surface area contributed by atoms with Crippen LogP contribution in [0.3, 0.4) is 0 Å². The molecule has 1 aliphatic carbocycles. The SMILES string of the molecule is CCC(=O)Nc1cncc(C(C=NC)=CC2=C(c3nc4c(C5C=CC=C(F)C5)cncc4[nH]3)NCCNC2)c1. The van der Waals surface area contributed by atoms with E-state index in [1.165, 1.54) is 6.08 Å². The summed E-state index contributed by atoms with van der Waals surface area (Å²) >= 11 is 0. The summed E-state index contributed by atoms with van der Waals surface area (Å²) in [6.45, 7) is 3.91. The number of hydrogen-bond acceptors (Lipinski definition) is 7. The number of nitrogens with one attached hydrogen (secondary N) is 4. The van der Waals surface area contributed by atoms with E-state index in [4.69, 9.17) is 4.98 Å². The molecule has 3 aromatic rings. The third-order valence-corrected chi connectivity index (χ3v) is 6.61. The van der Waals surface area contributed by atoms with Crippen LogP contribution >= 0.6 is 0 Å². The van der Waals surface area contributed by atoms with Gasteiger partial charge in [-0.2, -0.15) is 0 Å². The lowest BCUT2D eigenvalue weighted by Crippen LogP contribution is -2.22. The van der Waals surface area contributed by atoms with Gasteiger partial charge in [0.05, 0.1) is 34.8 Å². The minimum Gasteiger partial charge on any atom is -0.381 e. The highest BCUT2D eigenvalue weighted by Gasteiger charge is 2.21. The highest BCUT2D eigenvalue weighted by molar-refractivity contribution is 6.11. The fraction of sp³-hybridized carbons (Fsp3) is 0.276. The van der Waals surface area contributed by atoms with Crippen molar-refractivity contribution in [2.24, 2.45) is 4.99 Å². The average molecular weight is 527 g/mol.